The summed E-state index contributed by atoms with van der Waals surface area (Å²) in [5, 5.41) is 24.2. The van der Waals surface area contributed by atoms with Crippen LogP contribution in [0.15, 0.2) is 16.7 Å². The molecule has 0 bridgehead atoms. The second-order valence-electron chi connectivity index (χ2n) is 4.12. The lowest BCUT2D eigenvalue weighted by molar-refractivity contribution is -0.386. The van der Waals surface area contributed by atoms with Crippen LogP contribution in [-0.2, 0) is 0 Å². The molecule has 8 heteroatoms. The molecule has 0 atom stereocenters. The lowest BCUT2D eigenvalue weighted by Gasteiger charge is -2.05. The summed E-state index contributed by atoms with van der Waals surface area (Å²) in [6.07, 6.45) is 2.95. The molecule has 0 saturated carbocycles. The number of phenols is 1. The summed E-state index contributed by atoms with van der Waals surface area (Å²) in [4.78, 5) is 10.4. The largest absolute Gasteiger partial charge is 0.503 e. The van der Waals surface area contributed by atoms with E-state index < -0.39 is 4.92 Å². The number of methoxy groups -OCH3 is 1. The van der Waals surface area contributed by atoms with Crippen molar-refractivity contribution in [2.75, 3.05) is 7.11 Å². The summed E-state index contributed by atoms with van der Waals surface area (Å²) in [6, 6.07) is 3.03. The molecule has 7 nitrogen and oxygen atoms in total. The number of aryl methyl sites for hydroxylation is 1. The molecule has 0 amide bonds. The first-order chi connectivity index (χ1) is 9.93. The number of hydrogen-bond donors (Lipinski definition) is 1. The van der Waals surface area contributed by atoms with Gasteiger partial charge in [-0.1, -0.05) is 22.8 Å². The molecule has 0 fully saturated rings. The van der Waals surface area contributed by atoms with E-state index in [2.05, 4.69) is 5.16 Å². The van der Waals surface area contributed by atoms with Gasteiger partial charge in [-0.2, -0.15) is 0 Å². The zero-order valence-electron chi connectivity index (χ0n) is 11.2. The fraction of sp³-hybridized carbons (Fsp3) is 0.154. The van der Waals surface area contributed by atoms with Gasteiger partial charge in [0.15, 0.2) is 17.2 Å². The van der Waals surface area contributed by atoms with Crippen molar-refractivity contribution in [3.05, 3.63) is 44.3 Å². The van der Waals surface area contributed by atoms with Gasteiger partial charge in [-0.15, -0.1) is 0 Å². The first-order valence-electron chi connectivity index (χ1n) is 5.79. The zero-order valence-corrected chi connectivity index (χ0v) is 11.9. The summed E-state index contributed by atoms with van der Waals surface area (Å²) in [5.41, 5.74) is 0.585. The van der Waals surface area contributed by atoms with Crippen molar-refractivity contribution < 1.29 is 19.3 Å². The van der Waals surface area contributed by atoms with Gasteiger partial charge in [0.2, 0.25) is 5.76 Å². The highest BCUT2D eigenvalue weighted by atomic mass is 35.5. The van der Waals surface area contributed by atoms with Gasteiger partial charge >= 0.3 is 5.69 Å². The van der Waals surface area contributed by atoms with Crippen molar-refractivity contribution in [3.8, 4) is 11.5 Å². The Morgan fingerprint density at radius 2 is 2.19 bits per heavy atom. The summed E-state index contributed by atoms with van der Waals surface area (Å²) in [5.74, 6) is 0.0591. The van der Waals surface area contributed by atoms with E-state index in [9.17, 15) is 15.2 Å². The molecule has 2 aromatic rings. The van der Waals surface area contributed by atoms with Gasteiger partial charge in [0.1, 0.15) is 0 Å². The monoisotopic (exact) mass is 310 g/mol. The van der Waals surface area contributed by atoms with Gasteiger partial charge in [-0.25, -0.2) is 0 Å². The lowest BCUT2D eigenvalue weighted by atomic mass is 10.1. The highest BCUT2D eigenvalue weighted by Crippen LogP contribution is 2.35. The summed E-state index contributed by atoms with van der Waals surface area (Å²) in [6.45, 7) is 1.49. The lowest BCUT2D eigenvalue weighted by Crippen LogP contribution is -1.90. The van der Waals surface area contributed by atoms with Crippen LogP contribution < -0.4 is 4.74 Å². The topological polar surface area (TPSA) is 98.6 Å². The number of rotatable bonds is 4. The predicted molar refractivity (Wildman–Crippen MR) is 76.5 cm³/mol. The van der Waals surface area contributed by atoms with E-state index in [0.717, 1.165) is 0 Å². The van der Waals surface area contributed by atoms with Crippen LogP contribution in [0.2, 0.25) is 5.02 Å². The van der Waals surface area contributed by atoms with Crippen LogP contribution in [-0.4, -0.2) is 22.3 Å². The molecule has 0 saturated heterocycles. The Kier molecular flexibility index (Phi) is 4.13. The van der Waals surface area contributed by atoms with Crippen molar-refractivity contribution in [2.24, 2.45) is 0 Å². The molecule has 0 radical (unpaired) electrons. The number of aromatic nitrogens is 1. The quantitative estimate of drug-likeness (QED) is 0.686. The van der Waals surface area contributed by atoms with Gasteiger partial charge in [0, 0.05) is 0 Å². The van der Waals surface area contributed by atoms with E-state index in [4.69, 9.17) is 20.9 Å². The van der Waals surface area contributed by atoms with Crippen molar-refractivity contribution in [1.29, 1.82) is 0 Å². The number of nitrogens with zero attached hydrogens (tertiary/aromatic N) is 2. The normalized spacial score (nSPS) is 11.0. The highest BCUT2D eigenvalue weighted by Gasteiger charge is 2.21. The number of benzene rings is 1. The number of hydrogen-bond acceptors (Lipinski definition) is 6. The Balaban J connectivity index is 2.38. The Bertz CT molecular complexity index is 724. The smallest absolute Gasteiger partial charge is 0.338 e. The van der Waals surface area contributed by atoms with Crippen molar-refractivity contribution in [1.82, 2.24) is 5.16 Å². The fourth-order valence-electron chi connectivity index (χ4n) is 1.73. The number of ether oxygens (including phenoxy) is 1. The summed E-state index contributed by atoms with van der Waals surface area (Å²) in [7, 11) is 1.39. The number of nitro groups is 1. The number of aromatic hydroxyl groups is 1. The SMILES string of the molecule is COc1cc(/C=C/c2onc(C)c2[N+](=O)[O-])cc(Cl)c1O. The minimum absolute atomic E-state index is 0.0284. The van der Waals surface area contributed by atoms with Crippen LogP contribution >= 0.6 is 11.6 Å². The van der Waals surface area contributed by atoms with E-state index in [1.807, 2.05) is 0 Å². The van der Waals surface area contributed by atoms with Crippen LogP contribution in [0.5, 0.6) is 11.5 Å². The van der Waals surface area contributed by atoms with Crippen LogP contribution in [0.4, 0.5) is 5.69 Å². The summed E-state index contributed by atoms with van der Waals surface area (Å²) >= 11 is 5.86. The van der Waals surface area contributed by atoms with E-state index in [0.29, 0.717) is 5.56 Å². The number of halogens is 1. The third-order valence-electron chi connectivity index (χ3n) is 2.74. The third-order valence-corrected chi connectivity index (χ3v) is 3.03. The van der Waals surface area contributed by atoms with Crippen LogP contribution in [0.1, 0.15) is 17.0 Å². The van der Waals surface area contributed by atoms with Crippen molar-refractivity contribution in [2.45, 2.75) is 6.92 Å². The Hall–Kier alpha value is -2.54. The number of phenolic OH excluding ortho intramolecular Hbond substituents is 1. The fourth-order valence-corrected chi connectivity index (χ4v) is 1.95. The van der Waals surface area contributed by atoms with Crippen molar-refractivity contribution in [3.63, 3.8) is 0 Å². The molecule has 1 aromatic heterocycles. The Labute approximate surface area is 124 Å². The van der Waals surface area contributed by atoms with Gasteiger partial charge in [0.05, 0.1) is 17.1 Å². The maximum absolute atomic E-state index is 10.9. The molecule has 0 aliphatic carbocycles. The molecule has 0 aliphatic heterocycles. The average Bonchev–Trinajstić information content (AvgIpc) is 2.81. The minimum Gasteiger partial charge on any atom is -0.503 e. The molecular weight excluding hydrogens is 300 g/mol. The van der Waals surface area contributed by atoms with Gasteiger partial charge in [-0.3, -0.25) is 10.1 Å². The van der Waals surface area contributed by atoms with Crippen LogP contribution in [0, 0.1) is 17.0 Å². The summed E-state index contributed by atoms with van der Waals surface area (Å²) < 4.78 is 9.87. The predicted octanol–water partition coefficient (Wildman–Crippen LogP) is 3.43. The molecule has 1 heterocycles. The molecular formula is C13H11ClN2O5. The standard InChI is InChI=1S/C13H11ClN2O5/c1-7-12(16(18)19)10(21-15-7)4-3-8-5-9(14)13(17)11(6-8)20-2/h3-6,17H,1-2H3/b4-3+. The Morgan fingerprint density at radius 1 is 1.48 bits per heavy atom. The third kappa shape index (κ3) is 2.97. The maximum Gasteiger partial charge on any atom is 0.338 e. The molecule has 0 aliphatic rings. The van der Waals surface area contributed by atoms with E-state index in [-0.39, 0.29) is 33.7 Å². The second-order valence-corrected chi connectivity index (χ2v) is 4.53. The van der Waals surface area contributed by atoms with E-state index in [1.54, 1.807) is 6.08 Å². The average molecular weight is 311 g/mol. The Morgan fingerprint density at radius 3 is 2.81 bits per heavy atom. The molecule has 0 spiro atoms. The van der Waals surface area contributed by atoms with Crippen LogP contribution in [0.3, 0.4) is 0 Å². The molecule has 1 aromatic carbocycles. The highest BCUT2D eigenvalue weighted by molar-refractivity contribution is 6.32. The van der Waals surface area contributed by atoms with E-state index in [1.165, 1.54) is 32.2 Å². The van der Waals surface area contributed by atoms with Gasteiger partial charge < -0.3 is 14.4 Å². The second kappa shape index (κ2) is 5.84. The zero-order chi connectivity index (χ0) is 15.6. The first kappa shape index (κ1) is 14.9. The van der Waals surface area contributed by atoms with Crippen molar-refractivity contribution >= 4 is 29.4 Å². The first-order valence-corrected chi connectivity index (χ1v) is 6.17. The maximum atomic E-state index is 10.9. The molecule has 0 unspecified atom stereocenters. The van der Waals surface area contributed by atoms with Gasteiger partial charge in [0.25, 0.3) is 0 Å². The minimum atomic E-state index is -0.560. The van der Waals surface area contributed by atoms with Gasteiger partial charge in [-0.05, 0) is 30.7 Å². The van der Waals surface area contributed by atoms with Crippen LogP contribution in [0.25, 0.3) is 12.2 Å². The molecule has 110 valence electrons. The molecule has 2 rings (SSSR count). The molecule has 1 N–H and O–H groups in total. The van der Waals surface area contributed by atoms with E-state index >= 15 is 0 Å². The molecule has 21 heavy (non-hydrogen) atoms.